The molecule has 1 heterocycles. The molecule has 0 saturated heterocycles. The normalized spacial score (nSPS) is 25.9. The molecule has 3 nitrogen and oxygen atoms in total. The molecule has 1 aliphatic carbocycles. The number of nitrogens with zero attached hydrogens (tertiary/aromatic N) is 1. The maximum absolute atomic E-state index is 13.1. The molecule has 0 aliphatic heterocycles. The van der Waals surface area contributed by atoms with E-state index < -0.39 is 0 Å². The molecule has 100 valence electrons. The smallest absolute Gasteiger partial charge is 0.141 e. The Bertz CT molecular complexity index is 386. The number of nitrogens with one attached hydrogen (secondary N) is 1. The van der Waals surface area contributed by atoms with Gasteiger partial charge >= 0.3 is 0 Å². The third kappa shape index (κ3) is 3.27. The summed E-state index contributed by atoms with van der Waals surface area (Å²) in [4.78, 5) is 3.87. The average molecular weight is 252 g/mol. The van der Waals surface area contributed by atoms with E-state index in [0.717, 1.165) is 18.4 Å². The predicted molar refractivity (Wildman–Crippen MR) is 68.6 cm³/mol. The average Bonchev–Trinajstić information content (AvgIpc) is 2.39. The Balaban J connectivity index is 1.99. The molecule has 0 radical (unpaired) electrons. The Kier molecular flexibility index (Phi) is 4.66. The van der Waals surface area contributed by atoms with Crippen molar-refractivity contribution in [2.24, 2.45) is 5.92 Å². The Morgan fingerprint density at radius 1 is 1.44 bits per heavy atom. The molecule has 1 saturated carbocycles. The highest BCUT2D eigenvalue weighted by atomic mass is 19.1. The van der Waals surface area contributed by atoms with E-state index in [1.54, 1.807) is 6.20 Å². The number of aliphatic hydroxyl groups is 1. The Labute approximate surface area is 107 Å². The second-order valence-electron chi connectivity index (χ2n) is 5.16. The van der Waals surface area contributed by atoms with Crippen LogP contribution in [0.15, 0.2) is 18.5 Å². The van der Waals surface area contributed by atoms with Crippen molar-refractivity contribution in [1.82, 2.24) is 10.3 Å². The lowest BCUT2D eigenvalue weighted by Crippen LogP contribution is -2.41. The number of aliphatic hydroxyl groups excluding tert-OH is 1. The largest absolute Gasteiger partial charge is 0.396 e. The standard InChI is InChI=1S/C14H21FN2O/c1-10(12-6-13(15)8-16-7-12)17-14-5-3-2-4-11(14)9-18/h6-8,10-11,14,17-18H,2-5,9H2,1H3. The van der Waals surface area contributed by atoms with Crippen LogP contribution in [0.4, 0.5) is 4.39 Å². The molecule has 2 rings (SSSR count). The minimum Gasteiger partial charge on any atom is -0.396 e. The van der Waals surface area contributed by atoms with E-state index in [2.05, 4.69) is 10.3 Å². The molecule has 4 heteroatoms. The topological polar surface area (TPSA) is 45.1 Å². The monoisotopic (exact) mass is 252 g/mol. The molecule has 3 unspecified atom stereocenters. The summed E-state index contributed by atoms with van der Waals surface area (Å²) in [6, 6.07) is 1.90. The number of aromatic nitrogens is 1. The maximum atomic E-state index is 13.1. The summed E-state index contributed by atoms with van der Waals surface area (Å²) in [5.74, 6) is 0.0196. The molecule has 18 heavy (non-hydrogen) atoms. The first-order valence-electron chi connectivity index (χ1n) is 6.68. The summed E-state index contributed by atoms with van der Waals surface area (Å²) in [5.41, 5.74) is 0.859. The van der Waals surface area contributed by atoms with Gasteiger partial charge in [0.15, 0.2) is 0 Å². The van der Waals surface area contributed by atoms with Gasteiger partial charge in [0, 0.05) is 24.9 Å². The molecule has 1 aromatic heterocycles. The van der Waals surface area contributed by atoms with Crippen molar-refractivity contribution in [3.8, 4) is 0 Å². The van der Waals surface area contributed by atoms with Crippen molar-refractivity contribution in [3.63, 3.8) is 0 Å². The predicted octanol–water partition coefficient (Wildman–Crippen LogP) is 2.42. The highest BCUT2D eigenvalue weighted by Gasteiger charge is 2.25. The third-order valence-electron chi connectivity index (χ3n) is 3.83. The third-order valence-corrected chi connectivity index (χ3v) is 3.83. The van der Waals surface area contributed by atoms with Crippen LogP contribution in [0.2, 0.25) is 0 Å². The van der Waals surface area contributed by atoms with E-state index >= 15 is 0 Å². The summed E-state index contributed by atoms with van der Waals surface area (Å²) in [5, 5.41) is 12.9. The van der Waals surface area contributed by atoms with Crippen LogP contribution in [0.25, 0.3) is 0 Å². The molecule has 1 aromatic rings. The number of hydrogen-bond donors (Lipinski definition) is 2. The van der Waals surface area contributed by atoms with Crippen LogP contribution in [0.5, 0.6) is 0 Å². The highest BCUT2D eigenvalue weighted by Crippen LogP contribution is 2.26. The van der Waals surface area contributed by atoms with Crippen molar-refractivity contribution >= 4 is 0 Å². The first kappa shape index (κ1) is 13.4. The summed E-state index contributed by atoms with van der Waals surface area (Å²) >= 11 is 0. The van der Waals surface area contributed by atoms with Gasteiger partial charge in [-0.25, -0.2) is 4.39 Å². The molecular formula is C14H21FN2O. The van der Waals surface area contributed by atoms with Gasteiger partial charge in [0.2, 0.25) is 0 Å². The van der Waals surface area contributed by atoms with Crippen molar-refractivity contribution in [2.75, 3.05) is 6.61 Å². The van der Waals surface area contributed by atoms with Crippen molar-refractivity contribution < 1.29 is 9.50 Å². The van der Waals surface area contributed by atoms with Gasteiger partial charge in [0.25, 0.3) is 0 Å². The fraction of sp³-hybridized carbons (Fsp3) is 0.643. The van der Waals surface area contributed by atoms with Gasteiger partial charge in [-0.3, -0.25) is 4.98 Å². The second-order valence-corrected chi connectivity index (χ2v) is 5.16. The van der Waals surface area contributed by atoms with Gasteiger partial charge in [-0.2, -0.15) is 0 Å². The molecule has 1 fully saturated rings. The molecule has 0 spiro atoms. The fourth-order valence-corrected chi connectivity index (χ4v) is 2.73. The summed E-state index contributed by atoms with van der Waals surface area (Å²) in [6.07, 6.45) is 7.45. The van der Waals surface area contributed by atoms with Crippen molar-refractivity contribution in [3.05, 3.63) is 29.8 Å². The van der Waals surface area contributed by atoms with Gasteiger partial charge in [-0.05, 0) is 37.3 Å². The van der Waals surface area contributed by atoms with Crippen LogP contribution in [-0.2, 0) is 0 Å². The van der Waals surface area contributed by atoms with Gasteiger partial charge in [-0.1, -0.05) is 12.8 Å². The lowest BCUT2D eigenvalue weighted by molar-refractivity contribution is 0.147. The number of pyridine rings is 1. The first-order chi connectivity index (χ1) is 8.70. The quantitative estimate of drug-likeness (QED) is 0.865. The zero-order valence-electron chi connectivity index (χ0n) is 10.8. The molecule has 3 atom stereocenters. The number of hydrogen-bond acceptors (Lipinski definition) is 3. The second kappa shape index (κ2) is 6.25. The molecule has 0 bridgehead atoms. The van der Waals surface area contributed by atoms with Crippen molar-refractivity contribution in [2.45, 2.75) is 44.7 Å². The minimum atomic E-state index is -0.302. The van der Waals surface area contributed by atoms with Gasteiger partial charge in [0.05, 0.1) is 6.20 Å². The van der Waals surface area contributed by atoms with Crippen LogP contribution in [-0.4, -0.2) is 22.7 Å². The summed E-state index contributed by atoms with van der Waals surface area (Å²) in [6.45, 7) is 2.24. The van der Waals surface area contributed by atoms with Gasteiger partial charge in [0.1, 0.15) is 5.82 Å². The van der Waals surface area contributed by atoms with E-state index in [1.165, 1.54) is 25.1 Å². The van der Waals surface area contributed by atoms with E-state index in [1.807, 2.05) is 6.92 Å². The van der Waals surface area contributed by atoms with Gasteiger partial charge < -0.3 is 10.4 Å². The van der Waals surface area contributed by atoms with Crippen molar-refractivity contribution in [1.29, 1.82) is 0 Å². The van der Waals surface area contributed by atoms with Crippen LogP contribution in [0.1, 0.15) is 44.2 Å². The Morgan fingerprint density at radius 3 is 2.94 bits per heavy atom. The lowest BCUT2D eigenvalue weighted by atomic mass is 9.84. The summed E-state index contributed by atoms with van der Waals surface area (Å²) in [7, 11) is 0. The van der Waals surface area contributed by atoms with E-state index in [9.17, 15) is 9.50 Å². The van der Waals surface area contributed by atoms with Crippen LogP contribution in [0.3, 0.4) is 0 Å². The Hall–Kier alpha value is -1.00. The van der Waals surface area contributed by atoms with Gasteiger partial charge in [-0.15, -0.1) is 0 Å². The molecule has 1 aliphatic rings. The van der Waals surface area contributed by atoms with Crippen LogP contribution < -0.4 is 5.32 Å². The van der Waals surface area contributed by atoms with E-state index in [-0.39, 0.29) is 18.5 Å². The zero-order chi connectivity index (χ0) is 13.0. The summed E-state index contributed by atoms with van der Waals surface area (Å²) < 4.78 is 13.1. The highest BCUT2D eigenvalue weighted by molar-refractivity contribution is 5.14. The molecular weight excluding hydrogens is 231 g/mol. The molecule has 0 aromatic carbocycles. The zero-order valence-corrected chi connectivity index (χ0v) is 10.8. The molecule has 2 N–H and O–H groups in total. The van der Waals surface area contributed by atoms with Crippen LogP contribution in [0, 0.1) is 11.7 Å². The number of rotatable bonds is 4. The lowest BCUT2D eigenvalue weighted by Gasteiger charge is -2.33. The minimum absolute atomic E-state index is 0.0605. The fourth-order valence-electron chi connectivity index (χ4n) is 2.73. The Morgan fingerprint density at radius 2 is 2.22 bits per heavy atom. The molecule has 0 amide bonds. The number of halogens is 1. The van der Waals surface area contributed by atoms with E-state index in [0.29, 0.717) is 12.0 Å². The first-order valence-corrected chi connectivity index (χ1v) is 6.68. The SMILES string of the molecule is CC(NC1CCCCC1CO)c1cncc(F)c1. The van der Waals surface area contributed by atoms with Crippen LogP contribution >= 0.6 is 0 Å². The van der Waals surface area contributed by atoms with E-state index in [4.69, 9.17) is 0 Å². The maximum Gasteiger partial charge on any atom is 0.141 e.